The van der Waals surface area contributed by atoms with Crippen molar-refractivity contribution in [1.82, 2.24) is 25.2 Å². The number of hydrogen-bond donors (Lipinski definition) is 1. The number of rotatable bonds is 3. The molecule has 2 aromatic heterocycles. The van der Waals surface area contributed by atoms with Crippen molar-refractivity contribution in [2.24, 2.45) is 0 Å². The van der Waals surface area contributed by atoms with Gasteiger partial charge in [-0.15, -0.1) is 10.2 Å². The van der Waals surface area contributed by atoms with Gasteiger partial charge in [0.05, 0.1) is 5.69 Å². The third kappa shape index (κ3) is 2.60. The van der Waals surface area contributed by atoms with Gasteiger partial charge in [-0.25, -0.2) is 0 Å². The van der Waals surface area contributed by atoms with Crippen molar-refractivity contribution in [2.45, 2.75) is 20.4 Å². The smallest absolute Gasteiger partial charge is 0.204 e. The Labute approximate surface area is 122 Å². The Bertz CT molecular complexity index is 763. The van der Waals surface area contributed by atoms with E-state index >= 15 is 0 Å². The number of aryl methyl sites for hydroxylation is 1. The van der Waals surface area contributed by atoms with E-state index in [0.29, 0.717) is 12.4 Å². The lowest BCUT2D eigenvalue weighted by molar-refractivity contribution is 0.562. The number of hydrogen-bond acceptors (Lipinski definition) is 5. The number of pyridine rings is 1. The molecule has 2 heterocycles. The molecule has 3 aromatic rings. The largest absolute Gasteiger partial charge is 0.398 e. The molecule has 3 rings (SSSR count). The number of nitrogens with zero attached hydrogens (tertiary/aromatic N) is 5. The summed E-state index contributed by atoms with van der Waals surface area (Å²) in [6.07, 6.45) is 1.77. The highest BCUT2D eigenvalue weighted by atomic mass is 15.6. The third-order valence-corrected chi connectivity index (χ3v) is 3.45. The Balaban J connectivity index is 1.87. The number of aromatic nitrogens is 5. The molecule has 21 heavy (non-hydrogen) atoms. The van der Waals surface area contributed by atoms with Gasteiger partial charge in [0.1, 0.15) is 6.54 Å². The van der Waals surface area contributed by atoms with E-state index in [4.69, 9.17) is 5.73 Å². The molecule has 106 valence electrons. The maximum Gasteiger partial charge on any atom is 0.204 e. The summed E-state index contributed by atoms with van der Waals surface area (Å²) >= 11 is 0. The van der Waals surface area contributed by atoms with Gasteiger partial charge in [-0.05, 0) is 30.2 Å². The molecule has 1 aromatic carbocycles. The average Bonchev–Trinajstić information content (AvgIpc) is 2.97. The summed E-state index contributed by atoms with van der Waals surface area (Å²) in [6.45, 7) is 4.36. The lowest BCUT2D eigenvalue weighted by Crippen LogP contribution is -2.09. The minimum atomic E-state index is 0.455. The van der Waals surface area contributed by atoms with Gasteiger partial charge in [0.15, 0.2) is 0 Å². The Hall–Kier alpha value is -2.76. The molecule has 0 radical (unpaired) electrons. The summed E-state index contributed by atoms with van der Waals surface area (Å²) in [5.41, 5.74) is 10.5. The summed E-state index contributed by atoms with van der Waals surface area (Å²) < 4.78 is 0. The second kappa shape index (κ2) is 5.32. The SMILES string of the molecule is Cc1cnc(Cn2nnc(-c3ccccc3)n2)c(C)c1N. The van der Waals surface area contributed by atoms with Crippen LogP contribution in [0.3, 0.4) is 0 Å². The highest BCUT2D eigenvalue weighted by Crippen LogP contribution is 2.18. The Morgan fingerprint density at radius 2 is 1.90 bits per heavy atom. The fourth-order valence-corrected chi connectivity index (χ4v) is 2.10. The van der Waals surface area contributed by atoms with E-state index in [9.17, 15) is 0 Å². The summed E-state index contributed by atoms with van der Waals surface area (Å²) in [4.78, 5) is 5.94. The van der Waals surface area contributed by atoms with Crippen molar-refractivity contribution in [3.05, 3.63) is 53.3 Å². The zero-order chi connectivity index (χ0) is 14.8. The van der Waals surface area contributed by atoms with E-state index in [1.165, 1.54) is 4.80 Å². The minimum absolute atomic E-state index is 0.455. The normalized spacial score (nSPS) is 10.8. The van der Waals surface area contributed by atoms with Crippen molar-refractivity contribution in [2.75, 3.05) is 5.73 Å². The molecule has 0 bridgehead atoms. The molecule has 0 aliphatic heterocycles. The first-order chi connectivity index (χ1) is 10.1. The first kappa shape index (κ1) is 13.2. The minimum Gasteiger partial charge on any atom is -0.398 e. The third-order valence-electron chi connectivity index (χ3n) is 3.45. The number of tetrazole rings is 1. The predicted molar refractivity (Wildman–Crippen MR) is 80.5 cm³/mol. The molecule has 0 aliphatic rings. The van der Waals surface area contributed by atoms with E-state index < -0.39 is 0 Å². The molecule has 6 nitrogen and oxygen atoms in total. The molecule has 0 fully saturated rings. The molecule has 0 atom stereocenters. The van der Waals surface area contributed by atoms with Crippen molar-refractivity contribution >= 4 is 5.69 Å². The summed E-state index contributed by atoms with van der Waals surface area (Å²) in [5, 5.41) is 12.5. The van der Waals surface area contributed by atoms with Gasteiger partial charge in [-0.2, -0.15) is 4.80 Å². The first-order valence-electron chi connectivity index (χ1n) is 6.69. The number of nitrogen functional groups attached to an aromatic ring is 1. The molecule has 0 amide bonds. The van der Waals surface area contributed by atoms with Crippen LogP contribution >= 0.6 is 0 Å². The van der Waals surface area contributed by atoms with Crippen molar-refractivity contribution in [3.63, 3.8) is 0 Å². The molecule has 0 spiro atoms. The summed E-state index contributed by atoms with van der Waals surface area (Å²) in [6, 6.07) is 9.75. The maximum atomic E-state index is 6.03. The zero-order valence-electron chi connectivity index (χ0n) is 12.0. The van der Waals surface area contributed by atoms with Gasteiger partial charge < -0.3 is 5.73 Å². The van der Waals surface area contributed by atoms with Gasteiger partial charge in [0.25, 0.3) is 0 Å². The summed E-state index contributed by atoms with van der Waals surface area (Å²) in [7, 11) is 0. The lowest BCUT2D eigenvalue weighted by atomic mass is 10.1. The van der Waals surface area contributed by atoms with Gasteiger partial charge in [0, 0.05) is 17.4 Å². The van der Waals surface area contributed by atoms with Crippen LogP contribution in [0.5, 0.6) is 0 Å². The highest BCUT2D eigenvalue weighted by Gasteiger charge is 2.10. The lowest BCUT2D eigenvalue weighted by Gasteiger charge is -2.08. The second-order valence-electron chi connectivity index (χ2n) is 4.94. The Kier molecular flexibility index (Phi) is 3.35. The van der Waals surface area contributed by atoms with Crippen LogP contribution in [0.15, 0.2) is 36.5 Å². The van der Waals surface area contributed by atoms with E-state index in [1.54, 1.807) is 6.20 Å². The summed E-state index contributed by atoms with van der Waals surface area (Å²) in [5.74, 6) is 0.605. The molecule has 0 aliphatic carbocycles. The van der Waals surface area contributed by atoms with Crippen LogP contribution in [-0.2, 0) is 6.54 Å². The first-order valence-corrected chi connectivity index (χ1v) is 6.69. The van der Waals surface area contributed by atoms with E-state index in [-0.39, 0.29) is 0 Å². The van der Waals surface area contributed by atoms with Crippen molar-refractivity contribution in [1.29, 1.82) is 0 Å². The zero-order valence-corrected chi connectivity index (χ0v) is 12.0. The van der Waals surface area contributed by atoms with E-state index in [2.05, 4.69) is 20.4 Å². The topological polar surface area (TPSA) is 82.5 Å². The van der Waals surface area contributed by atoms with Crippen LogP contribution in [0, 0.1) is 13.8 Å². The number of nitrogens with two attached hydrogens (primary N) is 1. The van der Waals surface area contributed by atoms with Crippen LogP contribution < -0.4 is 5.73 Å². The standard InChI is InChI=1S/C15H16N6/c1-10-8-17-13(11(2)14(10)16)9-21-19-15(18-20-21)12-6-4-3-5-7-12/h3-8H,9H2,1-2H3,(H2,16,17). The molecule has 6 heteroatoms. The van der Waals surface area contributed by atoms with Crippen molar-refractivity contribution < 1.29 is 0 Å². The molecule has 2 N–H and O–H groups in total. The monoisotopic (exact) mass is 280 g/mol. The van der Waals surface area contributed by atoms with Gasteiger partial charge >= 0.3 is 0 Å². The Morgan fingerprint density at radius 1 is 1.14 bits per heavy atom. The van der Waals surface area contributed by atoms with Crippen LogP contribution in [0.25, 0.3) is 11.4 Å². The average molecular weight is 280 g/mol. The van der Waals surface area contributed by atoms with Crippen LogP contribution in [0.1, 0.15) is 16.8 Å². The van der Waals surface area contributed by atoms with Crippen LogP contribution in [-0.4, -0.2) is 25.2 Å². The van der Waals surface area contributed by atoms with Crippen molar-refractivity contribution in [3.8, 4) is 11.4 Å². The fourth-order valence-electron chi connectivity index (χ4n) is 2.10. The second-order valence-corrected chi connectivity index (χ2v) is 4.94. The molecular weight excluding hydrogens is 264 g/mol. The molecule has 0 saturated heterocycles. The number of anilines is 1. The Morgan fingerprint density at radius 3 is 2.67 bits per heavy atom. The molecule has 0 saturated carbocycles. The van der Waals surface area contributed by atoms with E-state index in [1.807, 2.05) is 44.2 Å². The fraction of sp³-hybridized carbons (Fsp3) is 0.200. The van der Waals surface area contributed by atoms with Crippen LogP contribution in [0.4, 0.5) is 5.69 Å². The maximum absolute atomic E-state index is 6.03. The van der Waals surface area contributed by atoms with Gasteiger partial charge in [0.2, 0.25) is 5.82 Å². The number of benzene rings is 1. The van der Waals surface area contributed by atoms with Gasteiger partial charge in [-0.3, -0.25) is 4.98 Å². The van der Waals surface area contributed by atoms with E-state index in [0.717, 1.165) is 28.1 Å². The highest BCUT2D eigenvalue weighted by molar-refractivity contribution is 5.54. The van der Waals surface area contributed by atoms with Gasteiger partial charge in [-0.1, -0.05) is 30.3 Å². The molecular formula is C15H16N6. The molecule has 0 unspecified atom stereocenters. The predicted octanol–water partition coefficient (Wildman–Crippen LogP) is 1.98. The van der Waals surface area contributed by atoms with Crippen LogP contribution in [0.2, 0.25) is 0 Å². The quantitative estimate of drug-likeness (QED) is 0.793.